The number of hydrogen-bond donors (Lipinski definition) is 0. The van der Waals surface area contributed by atoms with Gasteiger partial charge >= 0.3 is 0 Å². The van der Waals surface area contributed by atoms with Gasteiger partial charge in [-0.1, -0.05) is 194 Å². The molecule has 0 unspecified atom stereocenters. The van der Waals surface area contributed by atoms with Crippen molar-refractivity contribution in [3.8, 4) is 72.4 Å². The molecule has 2 aromatic heterocycles. The number of aromatic nitrogens is 2. The molecular formula is C69H47N3. The van der Waals surface area contributed by atoms with Crippen molar-refractivity contribution in [2.75, 3.05) is 4.90 Å². The molecule has 0 spiro atoms. The minimum atomic E-state index is 0.965. The molecule has 0 N–H and O–H groups in total. The molecule has 72 heavy (non-hydrogen) atoms. The topological polar surface area (TPSA) is 21.1 Å². The molecule has 0 amide bonds. The van der Waals surface area contributed by atoms with Crippen LogP contribution in [0.25, 0.3) is 105 Å². The molecule has 338 valence electrons. The summed E-state index contributed by atoms with van der Waals surface area (Å²) in [6, 6.07) is 98.6. The van der Waals surface area contributed by atoms with Crippen LogP contribution in [0.15, 0.2) is 285 Å². The molecule has 0 aliphatic rings. The Bertz CT molecular complexity index is 3980. The number of pyridine rings is 1. The van der Waals surface area contributed by atoms with Crippen molar-refractivity contribution >= 4 is 49.6 Å². The summed E-state index contributed by atoms with van der Waals surface area (Å²) < 4.78 is 2.40. The van der Waals surface area contributed by atoms with Gasteiger partial charge in [0.1, 0.15) is 0 Å². The molecule has 3 heteroatoms. The van der Waals surface area contributed by atoms with Gasteiger partial charge in [-0.15, -0.1) is 0 Å². The number of rotatable bonds is 10. The quantitative estimate of drug-likeness (QED) is 0.136. The van der Waals surface area contributed by atoms with Gasteiger partial charge in [0, 0.05) is 39.6 Å². The van der Waals surface area contributed by atoms with Crippen LogP contribution < -0.4 is 4.90 Å². The second-order valence-corrected chi connectivity index (χ2v) is 18.4. The maximum absolute atomic E-state index is 5.03. The number of fused-ring (bicyclic) bond motifs is 4. The van der Waals surface area contributed by atoms with Crippen LogP contribution in [0.4, 0.5) is 17.1 Å². The highest BCUT2D eigenvalue weighted by Gasteiger charge is 2.20. The molecule has 13 aromatic rings. The molecule has 0 atom stereocenters. The second kappa shape index (κ2) is 18.4. The van der Waals surface area contributed by atoms with E-state index < -0.39 is 0 Å². The standard InChI is InChI=1S/C69H47N3/c1-5-16-48(17-6-1)51-28-30-52(31-29-51)53-32-36-62(37-33-53)71(63-38-34-54(35-39-63)59-41-57(49-18-7-2-8-19-49)40-58(42-59)50-20-9-3-10-21-50)64-43-60(46-70-47-64)65-26-15-27-67-69(65)66-44-55-22-13-14-23-56(55)45-68(66)72(67)61-24-11-4-12-25-61/h1-47H. The smallest absolute Gasteiger partial charge is 0.0651 e. The van der Waals surface area contributed by atoms with Crippen LogP contribution in [0.2, 0.25) is 0 Å². The third-order valence-electron chi connectivity index (χ3n) is 14.0. The minimum Gasteiger partial charge on any atom is -0.309 e. The van der Waals surface area contributed by atoms with Crippen LogP contribution in [-0.2, 0) is 0 Å². The molecule has 0 saturated carbocycles. The van der Waals surface area contributed by atoms with Crippen LogP contribution in [0, 0.1) is 0 Å². The molecular weight excluding hydrogens is 871 g/mol. The van der Waals surface area contributed by atoms with Crippen LogP contribution in [0.1, 0.15) is 0 Å². The monoisotopic (exact) mass is 917 g/mol. The van der Waals surface area contributed by atoms with Crippen molar-refractivity contribution in [3.63, 3.8) is 0 Å². The summed E-state index contributed by atoms with van der Waals surface area (Å²) in [5, 5.41) is 4.84. The molecule has 3 nitrogen and oxygen atoms in total. The van der Waals surface area contributed by atoms with Crippen molar-refractivity contribution in [1.29, 1.82) is 0 Å². The lowest BCUT2D eigenvalue weighted by Gasteiger charge is -2.26. The van der Waals surface area contributed by atoms with Gasteiger partial charge in [0.2, 0.25) is 0 Å². The first kappa shape index (κ1) is 42.5. The van der Waals surface area contributed by atoms with E-state index in [9.17, 15) is 0 Å². The summed E-state index contributed by atoms with van der Waals surface area (Å²) in [5.41, 5.74) is 20.5. The fraction of sp³-hybridized carbons (Fsp3) is 0. The Morgan fingerprint density at radius 1 is 0.278 bits per heavy atom. The minimum absolute atomic E-state index is 0.965. The molecule has 0 fully saturated rings. The van der Waals surface area contributed by atoms with E-state index in [1.165, 1.54) is 66.0 Å². The lowest BCUT2D eigenvalue weighted by Crippen LogP contribution is -2.10. The van der Waals surface area contributed by atoms with Crippen molar-refractivity contribution < 1.29 is 0 Å². The van der Waals surface area contributed by atoms with Gasteiger partial charge < -0.3 is 9.47 Å². The number of hydrogen-bond acceptors (Lipinski definition) is 2. The third-order valence-corrected chi connectivity index (χ3v) is 14.0. The Kier molecular flexibility index (Phi) is 10.9. The predicted octanol–water partition coefficient (Wildman–Crippen LogP) is 18.8. The zero-order chi connectivity index (χ0) is 47.8. The lowest BCUT2D eigenvalue weighted by atomic mass is 9.93. The first-order chi connectivity index (χ1) is 35.7. The molecule has 0 bridgehead atoms. The van der Waals surface area contributed by atoms with Crippen LogP contribution in [0.3, 0.4) is 0 Å². The highest BCUT2D eigenvalue weighted by atomic mass is 15.1. The van der Waals surface area contributed by atoms with Gasteiger partial charge in [-0.2, -0.15) is 0 Å². The average Bonchev–Trinajstić information content (AvgIpc) is 3.79. The average molecular weight is 918 g/mol. The third kappa shape index (κ3) is 7.99. The molecule has 13 rings (SSSR count). The van der Waals surface area contributed by atoms with E-state index in [4.69, 9.17) is 4.98 Å². The number of anilines is 3. The molecule has 11 aromatic carbocycles. The van der Waals surface area contributed by atoms with Crippen LogP contribution in [-0.4, -0.2) is 9.55 Å². The first-order valence-electron chi connectivity index (χ1n) is 24.6. The van der Waals surface area contributed by atoms with E-state index in [1.807, 2.05) is 12.4 Å². The number of para-hydroxylation sites is 1. The fourth-order valence-corrected chi connectivity index (χ4v) is 10.5. The summed E-state index contributed by atoms with van der Waals surface area (Å²) in [6.45, 7) is 0. The summed E-state index contributed by atoms with van der Waals surface area (Å²) in [7, 11) is 0. The Morgan fingerprint density at radius 3 is 1.24 bits per heavy atom. The molecule has 0 aliphatic carbocycles. The summed E-state index contributed by atoms with van der Waals surface area (Å²) >= 11 is 0. The van der Waals surface area contributed by atoms with Crippen LogP contribution >= 0.6 is 0 Å². The number of nitrogens with zero attached hydrogens (tertiary/aromatic N) is 3. The van der Waals surface area contributed by atoms with Gasteiger partial charge in [0.05, 0.1) is 22.9 Å². The Labute approximate surface area is 419 Å². The van der Waals surface area contributed by atoms with Gasteiger partial charge in [-0.3, -0.25) is 4.98 Å². The zero-order valence-corrected chi connectivity index (χ0v) is 39.5. The van der Waals surface area contributed by atoms with E-state index in [-0.39, 0.29) is 0 Å². The van der Waals surface area contributed by atoms with Gasteiger partial charge in [0.25, 0.3) is 0 Å². The largest absolute Gasteiger partial charge is 0.309 e. The second-order valence-electron chi connectivity index (χ2n) is 18.4. The molecule has 0 saturated heterocycles. The number of benzene rings is 11. The summed E-state index contributed by atoms with van der Waals surface area (Å²) in [6.07, 6.45) is 4.00. The highest BCUT2D eigenvalue weighted by Crippen LogP contribution is 2.43. The normalized spacial score (nSPS) is 11.3. The van der Waals surface area contributed by atoms with E-state index in [2.05, 4.69) is 282 Å². The molecule has 0 aliphatic heterocycles. The predicted molar refractivity (Wildman–Crippen MR) is 303 cm³/mol. The zero-order valence-electron chi connectivity index (χ0n) is 39.5. The maximum atomic E-state index is 5.03. The molecule has 2 heterocycles. The van der Waals surface area contributed by atoms with E-state index in [0.717, 1.165) is 56.1 Å². The van der Waals surface area contributed by atoms with Gasteiger partial charge in [-0.25, -0.2) is 0 Å². The maximum Gasteiger partial charge on any atom is 0.0651 e. The van der Waals surface area contributed by atoms with E-state index in [0.29, 0.717) is 0 Å². The van der Waals surface area contributed by atoms with E-state index >= 15 is 0 Å². The van der Waals surface area contributed by atoms with Crippen molar-refractivity contribution in [3.05, 3.63) is 285 Å². The Morgan fingerprint density at radius 2 is 0.708 bits per heavy atom. The van der Waals surface area contributed by atoms with Crippen molar-refractivity contribution in [2.45, 2.75) is 0 Å². The van der Waals surface area contributed by atoms with Crippen molar-refractivity contribution in [1.82, 2.24) is 9.55 Å². The van der Waals surface area contributed by atoms with E-state index in [1.54, 1.807) is 0 Å². The summed E-state index contributed by atoms with van der Waals surface area (Å²) in [4.78, 5) is 7.36. The Hall–Kier alpha value is -9.57. The fourth-order valence-electron chi connectivity index (χ4n) is 10.5. The van der Waals surface area contributed by atoms with Gasteiger partial charge in [0.15, 0.2) is 0 Å². The van der Waals surface area contributed by atoms with Crippen molar-refractivity contribution in [2.24, 2.45) is 0 Å². The lowest BCUT2D eigenvalue weighted by molar-refractivity contribution is 1.18. The Balaban J connectivity index is 0.939. The SMILES string of the molecule is c1ccc(-c2ccc(-c3ccc(N(c4ccc(-c5cc(-c6ccccc6)cc(-c6ccccc6)c5)cc4)c4cncc(-c5cccc6c5c5cc7ccccc7cc5n6-c5ccccc5)c4)cc3)cc2)cc1. The molecule has 0 radical (unpaired) electrons. The first-order valence-corrected chi connectivity index (χ1v) is 24.6. The highest BCUT2D eigenvalue weighted by molar-refractivity contribution is 6.18. The van der Waals surface area contributed by atoms with Crippen LogP contribution in [0.5, 0.6) is 0 Å². The van der Waals surface area contributed by atoms with Gasteiger partial charge in [-0.05, 0) is 151 Å². The summed E-state index contributed by atoms with van der Waals surface area (Å²) in [5.74, 6) is 0.